The van der Waals surface area contributed by atoms with Crippen molar-refractivity contribution in [3.63, 3.8) is 0 Å². The molecule has 1 fully saturated rings. The topological polar surface area (TPSA) is 42.3 Å². The Kier molecular flexibility index (Phi) is 5.35. The van der Waals surface area contributed by atoms with Crippen LogP contribution < -0.4 is 5.32 Å². The van der Waals surface area contributed by atoms with Gasteiger partial charge in [-0.1, -0.05) is 0 Å². The Labute approximate surface area is 127 Å². The maximum Gasteiger partial charge on any atom is 0.161 e. The van der Waals surface area contributed by atoms with Gasteiger partial charge < -0.3 is 10.2 Å². The molecule has 0 radical (unpaired) electrons. The van der Waals surface area contributed by atoms with Crippen molar-refractivity contribution in [2.75, 3.05) is 51.6 Å². The molecule has 1 aliphatic rings. The Morgan fingerprint density at radius 3 is 2.70 bits per heavy atom. The standard InChI is InChI=1S/C14H18BrFN4/c1-19-6-8-20(9-7-19)5-4-18-12-3-2-11(10-17)13(15)14(12)16/h2-3,18H,4-9H2,1H3. The van der Waals surface area contributed by atoms with Gasteiger partial charge in [0, 0.05) is 39.3 Å². The highest BCUT2D eigenvalue weighted by molar-refractivity contribution is 9.10. The predicted octanol–water partition coefficient (Wildman–Crippen LogP) is 2.12. The third kappa shape index (κ3) is 3.69. The number of rotatable bonds is 4. The Hall–Kier alpha value is -1.16. The average molecular weight is 341 g/mol. The van der Waals surface area contributed by atoms with Gasteiger partial charge in [-0.15, -0.1) is 0 Å². The van der Waals surface area contributed by atoms with Crippen LogP contribution >= 0.6 is 15.9 Å². The number of likely N-dealkylation sites (N-methyl/N-ethyl adjacent to an activating group) is 1. The second-order valence-corrected chi connectivity index (χ2v) is 5.77. The van der Waals surface area contributed by atoms with Crippen LogP contribution in [0.3, 0.4) is 0 Å². The third-order valence-electron chi connectivity index (χ3n) is 3.54. The van der Waals surface area contributed by atoms with E-state index in [9.17, 15) is 4.39 Å². The van der Waals surface area contributed by atoms with Crippen molar-refractivity contribution in [2.24, 2.45) is 0 Å². The number of piperazine rings is 1. The quantitative estimate of drug-likeness (QED) is 0.911. The van der Waals surface area contributed by atoms with Crippen molar-refractivity contribution in [2.45, 2.75) is 0 Å². The minimum atomic E-state index is -0.401. The zero-order valence-corrected chi connectivity index (χ0v) is 13.1. The molecule has 0 unspecified atom stereocenters. The second kappa shape index (κ2) is 7.02. The molecular weight excluding hydrogens is 323 g/mol. The van der Waals surface area contributed by atoms with Crippen molar-refractivity contribution in [3.05, 3.63) is 28.0 Å². The first-order chi connectivity index (χ1) is 9.61. The Morgan fingerprint density at radius 2 is 2.05 bits per heavy atom. The molecular formula is C14H18BrFN4. The lowest BCUT2D eigenvalue weighted by Gasteiger charge is -2.32. The number of benzene rings is 1. The monoisotopic (exact) mass is 340 g/mol. The molecule has 1 N–H and O–H groups in total. The second-order valence-electron chi connectivity index (χ2n) is 4.97. The lowest BCUT2D eigenvalue weighted by Crippen LogP contribution is -2.45. The molecule has 0 amide bonds. The van der Waals surface area contributed by atoms with E-state index in [0.29, 0.717) is 17.8 Å². The lowest BCUT2D eigenvalue weighted by atomic mass is 10.2. The highest BCUT2D eigenvalue weighted by atomic mass is 79.9. The van der Waals surface area contributed by atoms with Crippen LogP contribution in [-0.4, -0.2) is 56.1 Å². The molecule has 108 valence electrons. The molecule has 0 bridgehead atoms. The van der Waals surface area contributed by atoms with Crippen LogP contribution in [-0.2, 0) is 0 Å². The summed E-state index contributed by atoms with van der Waals surface area (Å²) in [6.07, 6.45) is 0. The summed E-state index contributed by atoms with van der Waals surface area (Å²) in [7, 11) is 2.12. The molecule has 4 nitrogen and oxygen atoms in total. The number of nitrogens with one attached hydrogen (secondary N) is 1. The van der Waals surface area contributed by atoms with E-state index in [1.54, 1.807) is 12.1 Å². The summed E-state index contributed by atoms with van der Waals surface area (Å²) in [4.78, 5) is 4.67. The first-order valence-corrected chi connectivity index (χ1v) is 7.44. The average Bonchev–Trinajstić information content (AvgIpc) is 2.46. The van der Waals surface area contributed by atoms with Crippen molar-refractivity contribution in [3.8, 4) is 6.07 Å². The normalized spacial score (nSPS) is 16.9. The molecule has 1 aromatic rings. The van der Waals surface area contributed by atoms with Gasteiger partial charge in [0.15, 0.2) is 5.82 Å². The third-order valence-corrected chi connectivity index (χ3v) is 4.32. The molecule has 0 aliphatic carbocycles. The van der Waals surface area contributed by atoms with Crippen LogP contribution in [0, 0.1) is 17.1 Å². The van der Waals surface area contributed by atoms with E-state index in [1.807, 2.05) is 6.07 Å². The van der Waals surface area contributed by atoms with Gasteiger partial charge in [0.2, 0.25) is 0 Å². The van der Waals surface area contributed by atoms with Crippen molar-refractivity contribution >= 4 is 21.6 Å². The fourth-order valence-corrected chi connectivity index (χ4v) is 2.63. The van der Waals surface area contributed by atoms with Gasteiger partial charge in [-0.2, -0.15) is 5.26 Å². The Morgan fingerprint density at radius 1 is 1.35 bits per heavy atom. The van der Waals surface area contributed by atoms with Crippen molar-refractivity contribution in [1.82, 2.24) is 9.80 Å². The first kappa shape index (κ1) is 15.2. The van der Waals surface area contributed by atoms with Crippen LogP contribution in [0.5, 0.6) is 0 Å². The van der Waals surface area contributed by atoms with Gasteiger partial charge >= 0.3 is 0 Å². The highest BCUT2D eigenvalue weighted by Crippen LogP contribution is 2.26. The number of hydrogen-bond donors (Lipinski definition) is 1. The summed E-state index contributed by atoms with van der Waals surface area (Å²) >= 11 is 3.11. The maximum atomic E-state index is 14.0. The zero-order chi connectivity index (χ0) is 14.5. The summed E-state index contributed by atoms with van der Waals surface area (Å²) in [6.45, 7) is 5.85. The van der Waals surface area contributed by atoms with Gasteiger partial charge in [-0.25, -0.2) is 4.39 Å². The Balaban J connectivity index is 1.86. The first-order valence-electron chi connectivity index (χ1n) is 6.64. The van der Waals surface area contributed by atoms with E-state index in [2.05, 4.69) is 38.1 Å². The SMILES string of the molecule is CN1CCN(CCNc2ccc(C#N)c(Br)c2F)CC1. The molecule has 2 rings (SSSR count). The van der Waals surface area contributed by atoms with Crippen LogP contribution in [0.4, 0.5) is 10.1 Å². The van der Waals surface area contributed by atoms with Gasteiger partial charge in [-0.05, 0) is 35.1 Å². The number of nitrogens with zero attached hydrogens (tertiary/aromatic N) is 3. The number of nitriles is 1. The van der Waals surface area contributed by atoms with E-state index >= 15 is 0 Å². The molecule has 0 spiro atoms. The highest BCUT2D eigenvalue weighted by Gasteiger charge is 2.14. The molecule has 20 heavy (non-hydrogen) atoms. The fraction of sp³-hybridized carbons (Fsp3) is 0.500. The predicted molar refractivity (Wildman–Crippen MR) is 81.2 cm³/mol. The van der Waals surface area contributed by atoms with E-state index in [0.717, 1.165) is 32.7 Å². The molecule has 6 heteroatoms. The molecule has 1 aromatic carbocycles. The van der Waals surface area contributed by atoms with Crippen LogP contribution in [0.15, 0.2) is 16.6 Å². The van der Waals surface area contributed by atoms with Gasteiger partial charge in [0.05, 0.1) is 15.7 Å². The molecule has 1 saturated heterocycles. The maximum absolute atomic E-state index is 14.0. The molecule has 1 heterocycles. The summed E-state index contributed by atoms with van der Waals surface area (Å²) < 4.78 is 14.2. The number of anilines is 1. The van der Waals surface area contributed by atoms with Crippen molar-refractivity contribution in [1.29, 1.82) is 5.26 Å². The number of hydrogen-bond acceptors (Lipinski definition) is 4. The number of halogens is 2. The van der Waals surface area contributed by atoms with Crippen LogP contribution in [0.2, 0.25) is 0 Å². The van der Waals surface area contributed by atoms with E-state index in [1.165, 1.54) is 0 Å². The van der Waals surface area contributed by atoms with Gasteiger partial charge in [-0.3, -0.25) is 4.90 Å². The van der Waals surface area contributed by atoms with Crippen LogP contribution in [0.25, 0.3) is 0 Å². The van der Waals surface area contributed by atoms with Crippen LogP contribution in [0.1, 0.15) is 5.56 Å². The minimum Gasteiger partial charge on any atom is -0.381 e. The van der Waals surface area contributed by atoms with Gasteiger partial charge in [0.1, 0.15) is 6.07 Å². The van der Waals surface area contributed by atoms with E-state index in [-0.39, 0.29) is 4.47 Å². The van der Waals surface area contributed by atoms with Crippen molar-refractivity contribution < 1.29 is 4.39 Å². The summed E-state index contributed by atoms with van der Waals surface area (Å²) in [6, 6.07) is 5.18. The fourth-order valence-electron chi connectivity index (χ4n) is 2.19. The lowest BCUT2D eigenvalue weighted by molar-refractivity contribution is 0.158. The summed E-state index contributed by atoms with van der Waals surface area (Å²) in [5, 5.41) is 11.9. The minimum absolute atomic E-state index is 0.226. The zero-order valence-electron chi connectivity index (χ0n) is 11.5. The molecule has 0 saturated carbocycles. The van der Waals surface area contributed by atoms with E-state index in [4.69, 9.17) is 5.26 Å². The van der Waals surface area contributed by atoms with Gasteiger partial charge in [0.25, 0.3) is 0 Å². The smallest absolute Gasteiger partial charge is 0.161 e. The molecule has 0 atom stereocenters. The summed E-state index contributed by atoms with van der Waals surface area (Å²) in [5.41, 5.74) is 0.747. The Bertz CT molecular complexity index is 507. The summed E-state index contributed by atoms with van der Waals surface area (Å²) in [5.74, 6) is -0.401. The largest absolute Gasteiger partial charge is 0.381 e. The molecule has 1 aliphatic heterocycles. The molecule has 0 aromatic heterocycles. The van der Waals surface area contributed by atoms with E-state index < -0.39 is 5.82 Å².